The number of carbonyl (C=O) groups excluding carboxylic acids is 1. The van der Waals surface area contributed by atoms with Crippen LogP contribution < -0.4 is 19.5 Å². The van der Waals surface area contributed by atoms with Crippen molar-refractivity contribution < 1.29 is 49.9 Å². The van der Waals surface area contributed by atoms with Crippen LogP contribution in [0.4, 0.5) is 18.0 Å². The number of aliphatic hydroxyl groups excluding tert-OH is 1. The first-order chi connectivity index (χ1) is 18.3. The molecule has 39 heavy (non-hydrogen) atoms. The summed E-state index contributed by atoms with van der Waals surface area (Å²) in [5.41, 5.74) is -0.488. The van der Waals surface area contributed by atoms with Crippen molar-refractivity contribution in [2.24, 2.45) is 0 Å². The highest BCUT2D eigenvalue weighted by Gasteiger charge is 2.32. The highest BCUT2D eigenvalue weighted by Crippen LogP contribution is 2.36. The predicted octanol–water partition coefficient (Wildman–Crippen LogP) is 3.84. The standard InChI is InChI=1S/C23H29ClF3N3O8S/c1-15(2)35-10-8-30-39(33,34)38-22(32)28-7-3-4-16-5-6-18(36-11-9-31)13-20(16)37-21-19(24)12-17(14-29-21)23(25,26)27/h5-6,12-15,30-31H,3-4,7-11H2,1-2H3,(H,28,32). The second kappa shape index (κ2) is 15.1. The fourth-order valence-electron chi connectivity index (χ4n) is 2.94. The molecule has 2 rings (SSSR count). The molecule has 2 aromatic rings. The molecule has 0 unspecified atom stereocenters. The highest BCUT2D eigenvalue weighted by molar-refractivity contribution is 7.85. The fraction of sp³-hybridized carbons (Fsp3) is 0.478. The maximum atomic E-state index is 12.9. The lowest BCUT2D eigenvalue weighted by molar-refractivity contribution is -0.137. The molecule has 3 N–H and O–H groups in total. The second-order valence-electron chi connectivity index (χ2n) is 8.12. The summed E-state index contributed by atoms with van der Waals surface area (Å²) in [6.07, 6.45) is -4.74. The quantitative estimate of drug-likeness (QED) is 0.260. The molecular weight excluding hydrogens is 571 g/mol. The van der Waals surface area contributed by atoms with Crippen LogP contribution in [-0.2, 0) is 31.8 Å². The molecule has 0 fully saturated rings. The first-order valence-corrected chi connectivity index (χ1v) is 13.4. The van der Waals surface area contributed by atoms with Crippen LogP contribution >= 0.6 is 11.6 Å². The summed E-state index contributed by atoms with van der Waals surface area (Å²) < 4.78 is 85.0. The number of ether oxygens (including phenoxy) is 3. The molecule has 1 aromatic heterocycles. The molecule has 11 nitrogen and oxygen atoms in total. The number of nitrogens with zero attached hydrogens (tertiary/aromatic N) is 1. The Morgan fingerprint density at radius 3 is 2.56 bits per heavy atom. The number of halogens is 4. The van der Waals surface area contributed by atoms with E-state index in [2.05, 4.69) is 19.2 Å². The monoisotopic (exact) mass is 599 g/mol. The molecular formula is C23H29ClF3N3O8S. The molecule has 0 saturated heterocycles. The van der Waals surface area contributed by atoms with Gasteiger partial charge < -0.3 is 28.8 Å². The van der Waals surface area contributed by atoms with Gasteiger partial charge in [0.15, 0.2) is 0 Å². The first kappa shape index (κ1) is 32.4. The second-order valence-corrected chi connectivity index (χ2v) is 9.89. The average Bonchev–Trinajstić information content (AvgIpc) is 2.84. The Kier molecular flexibility index (Phi) is 12.5. The molecule has 0 atom stereocenters. The van der Waals surface area contributed by atoms with E-state index in [1.54, 1.807) is 26.0 Å². The molecule has 1 heterocycles. The van der Waals surface area contributed by atoms with E-state index in [0.717, 1.165) is 0 Å². The van der Waals surface area contributed by atoms with E-state index >= 15 is 0 Å². The maximum Gasteiger partial charge on any atom is 0.423 e. The Labute approximate surface area is 228 Å². The number of rotatable bonds is 15. The zero-order valence-corrected chi connectivity index (χ0v) is 22.7. The molecule has 218 valence electrons. The largest absolute Gasteiger partial charge is 0.491 e. The van der Waals surface area contributed by atoms with Crippen molar-refractivity contribution >= 4 is 28.0 Å². The van der Waals surface area contributed by atoms with Gasteiger partial charge >= 0.3 is 22.6 Å². The lowest BCUT2D eigenvalue weighted by Gasteiger charge is -2.15. The zero-order chi connectivity index (χ0) is 29.1. The van der Waals surface area contributed by atoms with E-state index in [4.69, 9.17) is 30.9 Å². The summed E-state index contributed by atoms with van der Waals surface area (Å²) in [5.74, 6) is 0.199. The highest BCUT2D eigenvalue weighted by atomic mass is 35.5. The zero-order valence-electron chi connectivity index (χ0n) is 21.1. The molecule has 0 aliphatic carbocycles. The smallest absolute Gasteiger partial charge is 0.423 e. The topological polar surface area (TPSA) is 145 Å². The third-order valence-electron chi connectivity index (χ3n) is 4.65. The summed E-state index contributed by atoms with van der Waals surface area (Å²) in [4.78, 5) is 15.5. The van der Waals surface area contributed by atoms with Crippen molar-refractivity contribution in [3.05, 3.63) is 46.6 Å². The Balaban J connectivity index is 1.99. The van der Waals surface area contributed by atoms with Crippen LogP contribution in [0.15, 0.2) is 30.5 Å². The molecule has 0 bridgehead atoms. The number of aliphatic hydroxyl groups is 1. The summed E-state index contributed by atoms with van der Waals surface area (Å²) in [5, 5.41) is 10.9. The number of hydrogen-bond acceptors (Lipinski definition) is 9. The minimum atomic E-state index is -4.63. The third kappa shape index (κ3) is 11.8. The third-order valence-corrected chi connectivity index (χ3v) is 5.85. The normalized spacial score (nSPS) is 11.9. The maximum absolute atomic E-state index is 12.9. The van der Waals surface area contributed by atoms with E-state index in [0.29, 0.717) is 30.0 Å². The van der Waals surface area contributed by atoms with Crippen molar-refractivity contribution in [1.82, 2.24) is 15.0 Å². The van der Waals surface area contributed by atoms with E-state index < -0.39 is 28.1 Å². The minimum absolute atomic E-state index is 0.00732. The van der Waals surface area contributed by atoms with E-state index in [1.807, 2.05) is 0 Å². The molecule has 1 aromatic carbocycles. The Morgan fingerprint density at radius 2 is 1.92 bits per heavy atom. The number of carbonyl (C=O) groups is 1. The van der Waals surface area contributed by atoms with E-state index in [1.165, 1.54) is 6.07 Å². The number of amides is 1. The van der Waals surface area contributed by atoms with Gasteiger partial charge in [0.05, 0.1) is 24.9 Å². The fourth-order valence-corrected chi connectivity index (χ4v) is 3.79. The summed E-state index contributed by atoms with van der Waals surface area (Å²) in [7, 11) is -4.32. The lowest BCUT2D eigenvalue weighted by Crippen LogP contribution is -2.35. The number of aromatic nitrogens is 1. The predicted molar refractivity (Wildman–Crippen MR) is 134 cm³/mol. The van der Waals surface area contributed by atoms with Crippen molar-refractivity contribution in [3.8, 4) is 17.4 Å². The van der Waals surface area contributed by atoms with Crippen molar-refractivity contribution in [2.75, 3.05) is 32.9 Å². The van der Waals surface area contributed by atoms with Gasteiger partial charge in [-0.15, -0.1) is 0 Å². The SMILES string of the molecule is CC(C)OCCNS(=O)(=O)OC(=O)NCCCc1ccc(OCCO)cc1Oc1ncc(C(F)(F)F)cc1Cl. The summed E-state index contributed by atoms with van der Waals surface area (Å²) >= 11 is 5.95. The molecule has 1 amide bonds. The van der Waals surface area contributed by atoms with E-state index in [9.17, 15) is 26.4 Å². The number of nitrogens with one attached hydrogen (secondary N) is 2. The van der Waals surface area contributed by atoms with Gasteiger partial charge in [-0.25, -0.2) is 9.78 Å². The van der Waals surface area contributed by atoms with Gasteiger partial charge in [-0.05, 0) is 44.4 Å². The van der Waals surface area contributed by atoms with Gasteiger partial charge in [0, 0.05) is 25.4 Å². The summed E-state index contributed by atoms with van der Waals surface area (Å²) in [6.45, 7) is 3.36. The number of alkyl halides is 3. The first-order valence-electron chi connectivity index (χ1n) is 11.7. The van der Waals surface area contributed by atoms with Crippen LogP contribution in [0.5, 0.6) is 17.4 Å². The van der Waals surface area contributed by atoms with Crippen LogP contribution in [0.1, 0.15) is 31.4 Å². The van der Waals surface area contributed by atoms with Crippen LogP contribution in [-0.4, -0.2) is 63.6 Å². The van der Waals surface area contributed by atoms with Gasteiger partial charge in [0.1, 0.15) is 23.1 Å². The van der Waals surface area contributed by atoms with E-state index in [-0.39, 0.29) is 62.1 Å². The lowest BCUT2D eigenvalue weighted by atomic mass is 10.1. The van der Waals surface area contributed by atoms with Crippen LogP contribution in [0.3, 0.4) is 0 Å². The van der Waals surface area contributed by atoms with Gasteiger partial charge in [0.2, 0.25) is 5.88 Å². The molecule has 0 saturated carbocycles. The molecule has 0 spiro atoms. The Hall–Kier alpha value is -2.85. The van der Waals surface area contributed by atoms with Crippen molar-refractivity contribution in [2.45, 2.75) is 39.0 Å². The molecule has 0 aliphatic heterocycles. The minimum Gasteiger partial charge on any atom is -0.491 e. The average molecular weight is 600 g/mol. The van der Waals surface area contributed by atoms with Crippen molar-refractivity contribution in [1.29, 1.82) is 0 Å². The number of aryl methyl sites for hydroxylation is 1. The van der Waals surface area contributed by atoms with Crippen LogP contribution in [0.2, 0.25) is 5.02 Å². The van der Waals surface area contributed by atoms with Gasteiger partial charge in [-0.2, -0.15) is 26.3 Å². The van der Waals surface area contributed by atoms with Crippen LogP contribution in [0.25, 0.3) is 0 Å². The van der Waals surface area contributed by atoms with Crippen LogP contribution in [0, 0.1) is 0 Å². The van der Waals surface area contributed by atoms with Gasteiger partial charge in [-0.3, -0.25) is 0 Å². The number of pyridine rings is 1. The molecule has 0 radical (unpaired) electrons. The molecule has 0 aliphatic rings. The number of benzene rings is 1. The summed E-state index contributed by atoms with van der Waals surface area (Å²) in [6, 6.07) is 5.34. The Morgan fingerprint density at radius 1 is 1.18 bits per heavy atom. The molecule has 16 heteroatoms. The van der Waals surface area contributed by atoms with Crippen molar-refractivity contribution in [3.63, 3.8) is 0 Å². The number of hydrogen-bond donors (Lipinski definition) is 3. The Bertz CT molecular complexity index is 1200. The van der Waals surface area contributed by atoms with Gasteiger partial charge in [0.25, 0.3) is 0 Å². The van der Waals surface area contributed by atoms with Gasteiger partial charge in [-0.1, -0.05) is 17.7 Å².